The number of rotatable bonds is 22. The largest absolute Gasteiger partial charge is 0.491 e. The van der Waals surface area contributed by atoms with Gasteiger partial charge in [-0.25, -0.2) is 9.97 Å². The summed E-state index contributed by atoms with van der Waals surface area (Å²) in [6.45, 7) is -1.44. The molecule has 0 bridgehead atoms. The van der Waals surface area contributed by atoms with Gasteiger partial charge in [-0.3, -0.25) is 0 Å². The molecule has 2 rings (SSSR count). The van der Waals surface area contributed by atoms with Crippen LogP contribution in [-0.4, -0.2) is 72.0 Å². The highest BCUT2D eigenvalue weighted by molar-refractivity contribution is 5.55. The molecule has 1 aromatic heterocycles. The maximum atomic E-state index is 13.9. The van der Waals surface area contributed by atoms with E-state index >= 15 is 0 Å². The van der Waals surface area contributed by atoms with Gasteiger partial charge >= 0.3 is 17.8 Å². The Balaban J connectivity index is 1.75. The van der Waals surface area contributed by atoms with Crippen LogP contribution in [0.15, 0.2) is 36.7 Å². The minimum Gasteiger partial charge on any atom is -0.491 e. The van der Waals surface area contributed by atoms with Crippen LogP contribution in [-0.2, 0) is 15.9 Å². The second-order valence-corrected chi connectivity index (χ2v) is 10.3. The highest BCUT2D eigenvalue weighted by Crippen LogP contribution is 2.46. The van der Waals surface area contributed by atoms with E-state index in [0.717, 1.165) is 24.0 Å². The quantitative estimate of drug-likeness (QED) is 0.110. The molecule has 1 N–H and O–H groups in total. The molecule has 0 amide bonds. The first kappa shape index (κ1) is 35.8. The summed E-state index contributed by atoms with van der Waals surface area (Å²) in [5.74, 6) is -15.2. The molecule has 2 aromatic rings. The number of aromatic nitrogens is 2. The number of halogens is 6. The van der Waals surface area contributed by atoms with Crippen LogP contribution in [0.3, 0.4) is 0 Å². The van der Waals surface area contributed by atoms with Crippen molar-refractivity contribution in [2.24, 2.45) is 0 Å². The zero-order valence-corrected chi connectivity index (χ0v) is 24.3. The topological polar surface area (TPSA) is 73.7 Å². The number of ether oxygens (including phenoxy) is 3. The number of hydrogen-bond donors (Lipinski definition) is 1. The van der Waals surface area contributed by atoms with Gasteiger partial charge in [0.15, 0.2) is 5.82 Å². The lowest BCUT2D eigenvalue weighted by Crippen LogP contribution is -2.58. The Morgan fingerprint density at radius 1 is 0.738 bits per heavy atom. The van der Waals surface area contributed by atoms with Crippen LogP contribution in [0, 0.1) is 0 Å². The molecule has 1 aromatic carbocycles. The van der Waals surface area contributed by atoms with Crippen LogP contribution >= 0.6 is 0 Å². The smallest absolute Gasteiger partial charge is 0.376 e. The van der Waals surface area contributed by atoms with Gasteiger partial charge in [0.25, 0.3) is 0 Å². The highest BCUT2D eigenvalue weighted by Gasteiger charge is 2.71. The average Bonchev–Trinajstić information content (AvgIpc) is 2.96. The van der Waals surface area contributed by atoms with Crippen molar-refractivity contribution in [2.45, 2.75) is 95.5 Å². The van der Waals surface area contributed by atoms with E-state index < -0.39 is 50.3 Å². The van der Waals surface area contributed by atoms with Crippen molar-refractivity contribution in [3.8, 4) is 17.1 Å². The summed E-state index contributed by atoms with van der Waals surface area (Å²) in [4.78, 5) is 8.82. The summed E-state index contributed by atoms with van der Waals surface area (Å²) in [5.41, 5.74) is 1.80. The predicted octanol–water partition coefficient (Wildman–Crippen LogP) is 7.53. The lowest BCUT2D eigenvalue weighted by atomic mass is 10.1. The lowest BCUT2D eigenvalue weighted by Gasteiger charge is -2.32. The van der Waals surface area contributed by atoms with Crippen molar-refractivity contribution in [1.29, 1.82) is 0 Å². The average molecular weight is 609 g/mol. The van der Waals surface area contributed by atoms with Crippen molar-refractivity contribution in [3.05, 3.63) is 42.2 Å². The minimum atomic E-state index is -5.71. The molecule has 0 aliphatic heterocycles. The van der Waals surface area contributed by atoms with E-state index in [4.69, 9.17) is 4.74 Å². The molecule has 0 saturated heterocycles. The van der Waals surface area contributed by atoms with Gasteiger partial charge in [0.1, 0.15) is 31.7 Å². The van der Waals surface area contributed by atoms with E-state index in [1.807, 2.05) is 0 Å². The molecular weight excluding hydrogens is 566 g/mol. The molecule has 0 unspecified atom stereocenters. The molecule has 238 valence electrons. The van der Waals surface area contributed by atoms with Gasteiger partial charge in [0, 0.05) is 24.6 Å². The van der Waals surface area contributed by atoms with Crippen molar-refractivity contribution in [2.75, 3.05) is 33.0 Å². The molecule has 0 aliphatic carbocycles. The standard InChI is InChI=1S/C30H42F6N2O4/c1-3-5-7-8-9-10-11-23-17-37-27(38-18-23)24-12-14-26(15-13-24)42-20-25(39)19-41-22-29(33,34)30(35,36)28(31,32)21-40-16-6-4-2/h12-15,17-18,25,39H,3-11,16,19-22H2,1-2H3/t25-/m1/s1. The Morgan fingerprint density at radius 3 is 1.93 bits per heavy atom. The van der Waals surface area contributed by atoms with E-state index in [0.29, 0.717) is 24.4 Å². The zero-order valence-electron chi connectivity index (χ0n) is 24.3. The number of nitrogens with zero attached hydrogens (tertiary/aromatic N) is 2. The van der Waals surface area contributed by atoms with Gasteiger partial charge in [-0.15, -0.1) is 0 Å². The monoisotopic (exact) mass is 608 g/mol. The number of benzene rings is 1. The first-order chi connectivity index (χ1) is 19.9. The van der Waals surface area contributed by atoms with Crippen LogP contribution in [0.25, 0.3) is 11.4 Å². The molecule has 1 atom stereocenters. The molecule has 0 fully saturated rings. The summed E-state index contributed by atoms with van der Waals surface area (Å²) in [6, 6.07) is 6.59. The second kappa shape index (κ2) is 17.6. The molecule has 0 aliphatic rings. The maximum absolute atomic E-state index is 13.9. The molecule has 0 radical (unpaired) electrons. The van der Waals surface area contributed by atoms with Gasteiger partial charge in [-0.2, -0.15) is 26.3 Å². The van der Waals surface area contributed by atoms with Gasteiger partial charge in [0.05, 0.1) is 6.61 Å². The molecule has 42 heavy (non-hydrogen) atoms. The molecule has 12 heteroatoms. The van der Waals surface area contributed by atoms with E-state index in [1.54, 1.807) is 43.6 Å². The summed E-state index contributed by atoms with van der Waals surface area (Å²) >= 11 is 0. The Kier molecular flexibility index (Phi) is 15.0. The molecule has 6 nitrogen and oxygen atoms in total. The van der Waals surface area contributed by atoms with Crippen LogP contribution in [0.5, 0.6) is 5.75 Å². The van der Waals surface area contributed by atoms with Crippen LogP contribution < -0.4 is 4.74 Å². The van der Waals surface area contributed by atoms with Crippen molar-refractivity contribution >= 4 is 0 Å². The summed E-state index contributed by atoms with van der Waals surface area (Å²) in [5, 5.41) is 9.94. The van der Waals surface area contributed by atoms with E-state index in [1.165, 1.54) is 32.1 Å². The van der Waals surface area contributed by atoms with E-state index in [-0.39, 0.29) is 6.61 Å². The molecule has 0 saturated carbocycles. The van der Waals surface area contributed by atoms with Gasteiger partial charge in [-0.1, -0.05) is 52.4 Å². The van der Waals surface area contributed by atoms with Crippen molar-refractivity contribution < 1.29 is 45.7 Å². The fraction of sp³-hybridized carbons (Fsp3) is 0.667. The number of aryl methyl sites for hydroxylation is 1. The Bertz CT molecular complexity index is 1010. The molecule has 1 heterocycles. The second-order valence-electron chi connectivity index (χ2n) is 10.3. The normalized spacial score (nSPS) is 13.4. The predicted molar refractivity (Wildman–Crippen MR) is 147 cm³/mol. The van der Waals surface area contributed by atoms with Crippen LogP contribution in [0.2, 0.25) is 0 Å². The first-order valence-electron chi connectivity index (χ1n) is 14.4. The van der Waals surface area contributed by atoms with E-state index in [9.17, 15) is 31.4 Å². The third-order valence-corrected chi connectivity index (χ3v) is 6.52. The van der Waals surface area contributed by atoms with Gasteiger partial charge in [-0.05, 0) is 49.1 Å². The van der Waals surface area contributed by atoms with Crippen molar-refractivity contribution in [3.63, 3.8) is 0 Å². The fourth-order valence-corrected chi connectivity index (χ4v) is 3.90. The Hall–Kier alpha value is -2.44. The van der Waals surface area contributed by atoms with E-state index in [2.05, 4.69) is 26.4 Å². The van der Waals surface area contributed by atoms with Crippen molar-refractivity contribution in [1.82, 2.24) is 9.97 Å². The van der Waals surface area contributed by atoms with Gasteiger partial charge < -0.3 is 19.3 Å². The van der Waals surface area contributed by atoms with Gasteiger partial charge in [0.2, 0.25) is 0 Å². The number of alkyl halides is 6. The minimum absolute atomic E-state index is 0.251. The molecular formula is C30H42F6N2O4. The SMILES string of the molecule is CCCCCCCCc1cnc(-c2ccc(OC[C@H](O)COCC(F)(F)C(F)(F)C(F)(F)COCCCC)cc2)nc1. The number of unbranched alkanes of at least 4 members (excludes halogenated alkanes) is 6. The Labute approximate surface area is 243 Å². The fourth-order valence-electron chi connectivity index (χ4n) is 3.90. The number of hydrogen-bond acceptors (Lipinski definition) is 6. The zero-order chi connectivity index (χ0) is 31.1. The summed E-state index contributed by atoms with van der Waals surface area (Å²) in [6.07, 6.45) is 11.2. The number of aliphatic hydroxyl groups is 1. The highest BCUT2D eigenvalue weighted by atomic mass is 19.3. The maximum Gasteiger partial charge on any atom is 0.376 e. The molecule has 0 spiro atoms. The summed E-state index contributed by atoms with van der Waals surface area (Å²) in [7, 11) is 0. The Morgan fingerprint density at radius 2 is 1.31 bits per heavy atom. The number of aliphatic hydroxyl groups excluding tert-OH is 1. The third-order valence-electron chi connectivity index (χ3n) is 6.52. The summed E-state index contributed by atoms with van der Waals surface area (Å²) < 4.78 is 97.5. The third kappa shape index (κ3) is 11.3. The lowest BCUT2D eigenvalue weighted by molar-refractivity contribution is -0.329. The first-order valence-corrected chi connectivity index (χ1v) is 14.4. The van der Waals surface area contributed by atoms with Crippen LogP contribution in [0.4, 0.5) is 26.3 Å². The van der Waals surface area contributed by atoms with Crippen LogP contribution in [0.1, 0.15) is 70.8 Å².